The van der Waals surface area contributed by atoms with Crippen molar-refractivity contribution in [3.63, 3.8) is 0 Å². The molecule has 0 amide bonds. The summed E-state index contributed by atoms with van der Waals surface area (Å²) < 4.78 is 5.86. The van der Waals surface area contributed by atoms with Gasteiger partial charge in [-0.1, -0.05) is 13.3 Å². The molecule has 0 saturated carbocycles. The van der Waals surface area contributed by atoms with Crippen LogP contribution in [0.5, 0.6) is 0 Å². The van der Waals surface area contributed by atoms with Crippen molar-refractivity contribution in [2.24, 2.45) is 0 Å². The molecule has 4 heteroatoms. The second-order valence-corrected chi connectivity index (χ2v) is 11.5. The van der Waals surface area contributed by atoms with E-state index in [-0.39, 0.29) is 8.91 Å². The molecule has 0 aliphatic rings. The first-order chi connectivity index (χ1) is 4.62. The quantitative estimate of drug-likeness (QED) is 0.619. The average Bonchev–Trinajstić information content (AvgIpc) is 1.84. The first kappa shape index (κ1) is 10.7. The van der Waals surface area contributed by atoms with Crippen molar-refractivity contribution in [2.45, 2.75) is 32.5 Å². The normalized spacial score (nSPS) is 13.2. The van der Waals surface area contributed by atoms with Gasteiger partial charge in [0.2, 0.25) is 8.91 Å². The lowest BCUT2D eigenvalue weighted by atomic mass is 10.6. The predicted octanol–water partition coefficient (Wildman–Crippen LogP) is 1.98. The Bertz CT molecular complexity index is 87.8. The SMILES string of the molecule is CCC[Si](C)(C)O[SiH2]SC. The highest BCUT2D eigenvalue weighted by atomic mass is 32.4. The summed E-state index contributed by atoms with van der Waals surface area (Å²) in [5, 5.41) is 0. The summed E-state index contributed by atoms with van der Waals surface area (Å²) in [7, 11) is -1.41. The van der Waals surface area contributed by atoms with Crippen LogP contribution in [-0.4, -0.2) is 23.5 Å². The molecule has 0 spiro atoms. The fourth-order valence-corrected chi connectivity index (χ4v) is 8.35. The molecule has 0 rings (SSSR count). The smallest absolute Gasteiger partial charge is 0.209 e. The van der Waals surface area contributed by atoms with Gasteiger partial charge in [0.15, 0.2) is 8.32 Å². The van der Waals surface area contributed by atoms with Crippen molar-refractivity contribution >= 4 is 28.4 Å². The zero-order valence-electron chi connectivity index (χ0n) is 7.44. The van der Waals surface area contributed by atoms with Gasteiger partial charge in [0.1, 0.15) is 0 Å². The zero-order valence-corrected chi connectivity index (χ0v) is 10.7. The highest BCUT2D eigenvalue weighted by Crippen LogP contribution is 2.13. The van der Waals surface area contributed by atoms with Crippen LogP contribution in [0.15, 0.2) is 0 Å². The van der Waals surface area contributed by atoms with E-state index in [1.54, 1.807) is 0 Å². The summed E-state index contributed by atoms with van der Waals surface area (Å²) in [6, 6.07) is 1.32. The first-order valence-electron chi connectivity index (χ1n) is 3.75. The number of rotatable bonds is 5. The van der Waals surface area contributed by atoms with Crippen molar-refractivity contribution in [2.75, 3.05) is 6.26 Å². The topological polar surface area (TPSA) is 9.23 Å². The van der Waals surface area contributed by atoms with Gasteiger partial charge >= 0.3 is 0 Å². The molecule has 0 aromatic carbocycles. The number of hydrogen-bond donors (Lipinski definition) is 0. The highest BCUT2D eigenvalue weighted by molar-refractivity contribution is 8.21. The Hall–Kier alpha value is 0.744. The van der Waals surface area contributed by atoms with Gasteiger partial charge in [-0.2, -0.15) is 11.2 Å². The van der Waals surface area contributed by atoms with E-state index in [9.17, 15) is 0 Å². The fourth-order valence-electron chi connectivity index (χ4n) is 0.893. The van der Waals surface area contributed by atoms with E-state index < -0.39 is 8.32 Å². The molecule has 0 fully saturated rings. The Kier molecular flexibility index (Phi) is 5.80. The second kappa shape index (κ2) is 5.40. The van der Waals surface area contributed by atoms with Gasteiger partial charge in [-0.05, 0) is 25.4 Å². The van der Waals surface area contributed by atoms with Crippen molar-refractivity contribution in [1.29, 1.82) is 0 Å². The van der Waals surface area contributed by atoms with Crippen LogP contribution in [0.4, 0.5) is 0 Å². The lowest BCUT2D eigenvalue weighted by molar-refractivity contribution is 0.598. The molecule has 0 aromatic heterocycles. The lowest BCUT2D eigenvalue weighted by Crippen LogP contribution is -2.30. The third kappa shape index (κ3) is 5.52. The van der Waals surface area contributed by atoms with Gasteiger partial charge in [0.05, 0.1) is 0 Å². The molecule has 1 nitrogen and oxygen atoms in total. The van der Waals surface area contributed by atoms with Gasteiger partial charge in [-0.3, -0.25) is 0 Å². The molecule has 62 valence electrons. The third-order valence-corrected chi connectivity index (χ3v) is 8.72. The van der Waals surface area contributed by atoms with E-state index in [4.69, 9.17) is 4.12 Å². The second-order valence-electron chi connectivity index (χ2n) is 3.06. The molecule has 0 N–H and O–H groups in total. The molecule has 0 atom stereocenters. The molecule has 0 unspecified atom stereocenters. The van der Waals surface area contributed by atoms with Crippen molar-refractivity contribution in [3.05, 3.63) is 0 Å². The van der Waals surface area contributed by atoms with Gasteiger partial charge in [-0.25, -0.2) is 0 Å². The molecule has 0 bridgehead atoms. The Morgan fingerprint density at radius 2 is 2.10 bits per heavy atom. The zero-order chi connectivity index (χ0) is 8.04. The van der Waals surface area contributed by atoms with Gasteiger partial charge in [0.25, 0.3) is 0 Å². The van der Waals surface area contributed by atoms with Crippen molar-refractivity contribution in [3.8, 4) is 0 Å². The molecule has 0 aliphatic heterocycles. The average molecular weight is 194 g/mol. The maximum Gasteiger partial charge on any atom is 0.209 e. The molecule has 0 saturated heterocycles. The summed E-state index contributed by atoms with van der Waals surface area (Å²) in [6.07, 6.45) is 3.42. The minimum atomic E-state index is -1.18. The molecule has 0 radical (unpaired) electrons. The van der Waals surface area contributed by atoms with E-state index in [2.05, 4.69) is 26.3 Å². The number of hydrogen-bond acceptors (Lipinski definition) is 2. The van der Waals surface area contributed by atoms with Gasteiger partial charge < -0.3 is 4.12 Å². The summed E-state index contributed by atoms with van der Waals surface area (Å²) in [4.78, 5) is 0. The predicted molar refractivity (Wildman–Crippen MR) is 55.7 cm³/mol. The molecule has 0 aromatic rings. The summed E-state index contributed by atoms with van der Waals surface area (Å²) in [5.74, 6) is 0. The van der Waals surface area contributed by atoms with E-state index in [1.165, 1.54) is 12.5 Å². The van der Waals surface area contributed by atoms with Crippen LogP contribution in [0.1, 0.15) is 13.3 Å². The van der Waals surface area contributed by atoms with Crippen molar-refractivity contribution < 1.29 is 4.12 Å². The standard InChI is InChI=1S/C6H18OSSi2/c1-5-6-10(3,4)7-9-8-2/h5-6,9H2,1-4H3. The van der Waals surface area contributed by atoms with E-state index in [0.717, 1.165) is 0 Å². The third-order valence-electron chi connectivity index (χ3n) is 1.42. The van der Waals surface area contributed by atoms with Crippen LogP contribution in [0.25, 0.3) is 0 Å². The molecule has 0 heterocycles. The lowest BCUT2D eigenvalue weighted by Gasteiger charge is -2.21. The van der Waals surface area contributed by atoms with Crippen molar-refractivity contribution in [1.82, 2.24) is 0 Å². The van der Waals surface area contributed by atoms with E-state index in [0.29, 0.717) is 0 Å². The van der Waals surface area contributed by atoms with Gasteiger partial charge in [0, 0.05) is 0 Å². The molecular weight excluding hydrogens is 176 g/mol. The van der Waals surface area contributed by atoms with Gasteiger partial charge in [-0.15, -0.1) is 0 Å². The Balaban J connectivity index is 3.42. The van der Waals surface area contributed by atoms with E-state index in [1.807, 2.05) is 11.2 Å². The monoisotopic (exact) mass is 194 g/mol. The van der Waals surface area contributed by atoms with Crippen LogP contribution in [0.3, 0.4) is 0 Å². The summed E-state index contributed by atoms with van der Waals surface area (Å²) >= 11 is 1.91. The summed E-state index contributed by atoms with van der Waals surface area (Å²) in [6.45, 7) is 6.87. The van der Waals surface area contributed by atoms with Crippen LogP contribution in [0.2, 0.25) is 19.1 Å². The Morgan fingerprint density at radius 1 is 1.50 bits per heavy atom. The van der Waals surface area contributed by atoms with Crippen LogP contribution < -0.4 is 0 Å². The maximum atomic E-state index is 5.86. The largest absolute Gasteiger partial charge is 0.452 e. The van der Waals surface area contributed by atoms with Crippen LogP contribution in [0, 0.1) is 0 Å². The van der Waals surface area contributed by atoms with Crippen LogP contribution >= 0.6 is 11.2 Å². The maximum absolute atomic E-state index is 5.86. The molecular formula is C6H18OSSi2. The van der Waals surface area contributed by atoms with Crippen LogP contribution in [-0.2, 0) is 4.12 Å². The molecule has 0 aliphatic carbocycles. The minimum absolute atomic E-state index is 0.224. The summed E-state index contributed by atoms with van der Waals surface area (Å²) in [5.41, 5.74) is 0. The van der Waals surface area contributed by atoms with E-state index >= 15 is 0 Å². The first-order valence-corrected chi connectivity index (χ1v) is 10.6. The Labute approximate surface area is 71.6 Å². The fraction of sp³-hybridized carbons (Fsp3) is 1.00. The Morgan fingerprint density at radius 3 is 2.50 bits per heavy atom. The molecule has 10 heavy (non-hydrogen) atoms. The highest BCUT2D eigenvalue weighted by Gasteiger charge is 2.19. The minimum Gasteiger partial charge on any atom is -0.452 e.